The summed E-state index contributed by atoms with van der Waals surface area (Å²) in [5.41, 5.74) is 0.119. The van der Waals surface area contributed by atoms with Crippen LogP contribution < -0.4 is 0 Å². The fraction of sp³-hybridized carbons (Fsp3) is 1.00. The monoisotopic (exact) mass is 406 g/mol. The van der Waals surface area contributed by atoms with E-state index in [4.69, 9.17) is 9.63 Å². The molecule has 0 heterocycles. The van der Waals surface area contributed by atoms with Crippen molar-refractivity contribution in [3.8, 4) is 0 Å². The van der Waals surface area contributed by atoms with Crippen molar-refractivity contribution in [3.63, 3.8) is 0 Å². The van der Waals surface area contributed by atoms with Crippen molar-refractivity contribution in [1.82, 2.24) is 4.90 Å². The Morgan fingerprint density at radius 1 is 0.727 bits per heavy atom. The summed E-state index contributed by atoms with van der Waals surface area (Å²) >= 11 is 0. The van der Waals surface area contributed by atoms with Gasteiger partial charge in [-0.2, -0.15) is 0 Å². The second kappa shape index (κ2) is 10.1. The fourth-order valence-corrected chi connectivity index (χ4v) is 12.7. The van der Waals surface area contributed by atoms with E-state index < -0.39 is 24.7 Å². The van der Waals surface area contributed by atoms with E-state index in [1.165, 1.54) is 0 Å². The molecule has 0 spiro atoms. The first-order valence-electron chi connectivity index (χ1n) is 7.96. The van der Waals surface area contributed by atoms with Crippen molar-refractivity contribution in [2.75, 3.05) is 20.6 Å². The third-order valence-electron chi connectivity index (χ3n) is 2.01. The third kappa shape index (κ3) is 26.0. The Labute approximate surface area is 154 Å². The van der Waals surface area contributed by atoms with E-state index in [0.717, 1.165) is 6.54 Å². The molecule has 7 heteroatoms. The molecule has 0 aromatic rings. The summed E-state index contributed by atoms with van der Waals surface area (Å²) in [5.74, 6) is 0. The Hall–Kier alpha value is 1.04. The van der Waals surface area contributed by atoms with Crippen molar-refractivity contribution < 1.29 is 16.8 Å². The topological polar surface area (TPSA) is 31.4 Å². The van der Waals surface area contributed by atoms with Gasteiger partial charge in [-0.25, -0.2) is 0 Å². The van der Waals surface area contributed by atoms with Gasteiger partial charge in [-0.05, 0) is 20.6 Å². The van der Waals surface area contributed by atoms with Crippen LogP contribution in [0.3, 0.4) is 0 Å². The predicted molar refractivity (Wildman–Crippen MR) is 109 cm³/mol. The zero-order valence-electron chi connectivity index (χ0n) is 17.4. The average molecular weight is 407 g/mol. The van der Waals surface area contributed by atoms with E-state index in [9.17, 15) is 0 Å². The minimum atomic E-state index is -1.26. The molecule has 0 bridgehead atoms. The van der Waals surface area contributed by atoms with Crippen LogP contribution in [0.5, 0.6) is 0 Å². The van der Waals surface area contributed by atoms with E-state index in [1.807, 2.05) is 0 Å². The maximum Gasteiger partial charge on any atom is 2.00 e. The van der Waals surface area contributed by atoms with Crippen molar-refractivity contribution >= 4 is 24.7 Å². The predicted octanol–water partition coefficient (Wildman–Crippen LogP) is 5.56. The van der Waals surface area contributed by atoms with Crippen LogP contribution in [0.4, 0.5) is 0 Å². The molecule has 0 aromatic heterocycles. The molecular weight excluding hydrogens is 365 g/mol. The number of nitrogens with zero attached hydrogens (tertiary/aromatic N) is 3. The first kappa shape index (κ1) is 27.9. The summed E-state index contributed by atoms with van der Waals surface area (Å²) in [4.78, 5) is 7.08. The molecule has 0 fully saturated rings. The van der Waals surface area contributed by atoms with Crippen LogP contribution in [-0.2, 0) is 16.8 Å². The number of hydrogen-bond acceptors (Lipinski definition) is 1. The summed E-state index contributed by atoms with van der Waals surface area (Å²) < 4.78 is 4.82. The molecule has 0 rings (SSSR count). The van der Waals surface area contributed by atoms with Crippen LogP contribution in [0.25, 0.3) is 9.63 Å². The van der Waals surface area contributed by atoms with Gasteiger partial charge < -0.3 is 14.5 Å². The smallest absolute Gasteiger partial charge is 0.668 e. The van der Waals surface area contributed by atoms with Crippen molar-refractivity contribution in [1.29, 1.82) is 0 Å². The van der Waals surface area contributed by atoms with Gasteiger partial charge in [0.25, 0.3) is 0 Å². The summed E-state index contributed by atoms with van der Waals surface area (Å²) in [7, 11) is 0.724. The first-order valence-corrected chi connectivity index (χ1v) is 18.3. The summed E-state index contributed by atoms with van der Waals surface area (Å²) in [5, 5.41) is 0. The molecule has 0 saturated heterocycles. The van der Waals surface area contributed by atoms with Gasteiger partial charge in [-0.3, -0.25) is 0 Å². The molecule has 1 radical (unpaired) electrons. The van der Waals surface area contributed by atoms with Crippen LogP contribution in [0.2, 0.25) is 58.9 Å². The van der Waals surface area contributed by atoms with Crippen LogP contribution in [-0.4, -0.2) is 55.8 Å². The Bertz CT molecular complexity index is 278. The molecule has 0 aliphatic heterocycles. The SMILES string of the molecule is CN(C)CC(C)(C)[N-][Si](C)(C)C.C[Si](C)(C)[N-][Si](C)(C)C.[Co+2]. The van der Waals surface area contributed by atoms with Gasteiger partial charge in [0.1, 0.15) is 0 Å². The van der Waals surface area contributed by atoms with Gasteiger partial charge in [0, 0.05) is 0 Å². The minimum Gasteiger partial charge on any atom is -0.668 e. The Balaban J connectivity index is -0.000000326. The second-order valence-electron chi connectivity index (χ2n) is 9.79. The van der Waals surface area contributed by atoms with Crippen molar-refractivity contribution in [2.45, 2.75) is 78.3 Å². The van der Waals surface area contributed by atoms with Crippen LogP contribution in [0, 0.1) is 0 Å². The van der Waals surface area contributed by atoms with Gasteiger partial charge in [0.15, 0.2) is 0 Å². The molecule has 137 valence electrons. The number of rotatable bonds is 6. The Morgan fingerprint density at radius 2 is 1.05 bits per heavy atom. The maximum atomic E-state index is 4.88. The molecule has 0 aliphatic rings. The molecule has 0 unspecified atom stereocenters. The van der Waals surface area contributed by atoms with Crippen LogP contribution >= 0.6 is 0 Å². The molecule has 0 atom stereocenters. The van der Waals surface area contributed by atoms with E-state index in [0.29, 0.717) is 0 Å². The largest absolute Gasteiger partial charge is 2.00 e. The van der Waals surface area contributed by atoms with Crippen molar-refractivity contribution in [2.24, 2.45) is 0 Å². The van der Waals surface area contributed by atoms with Gasteiger partial charge >= 0.3 is 16.8 Å². The standard InChI is InChI=1S/C9H23N2Si.C6H18NSi2.Co/c1-9(2,8-11(3)4)10-12(5,6)7;1-8(2,3)7-9(4,5)6;/h8H2,1-7H3;1-6H3;/q2*-1;+2. The quantitative estimate of drug-likeness (QED) is 0.531. The molecule has 22 heavy (non-hydrogen) atoms. The molecule has 0 aliphatic carbocycles. The van der Waals surface area contributed by atoms with Gasteiger partial charge in [0.2, 0.25) is 0 Å². The van der Waals surface area contributed by atoms with Gasteiger partial charge in [-0.15, -0.1) is 5.54 Å². The van der Waals surface area contributed by atoms with Crippen molar-refractivity contribution in [3.05, 3.63) is 9.63 Å². The Morgan fingerprint density at radius 3 is 1.18 bits per heavy atom. The summed E-state index contributed by atoms with van der Waals surface area (Å²) in [6.07, 6.45) is 0. The van der Waals surface area contributed by atoms with Crippen LogP contribution in [0.1, 0.15) is 13.8 Å². The average Bonchev–Trinajstić information content (AvgIpc) is 1.85. The summed E-state index contributed by atoms with van der Waals surface area (Å²) in [6, 6.07) is 0. The molecule has 0 aromatic carbocycles. The van der Waals surface area contributed by atoms with Crippen LogP contribution in [0.15, 0.2) is 0 Å². The molecule has 3 nitrogen and oxygen atoms in total. The number of likely N-dealkylation sites (N-methyl/N-ethyl adjacent to an activating group) is 1. The fourth-order valence-electron chi connectivity index (χ4n) is 2.72. The summed E-state index contributed by atoms with van der Waals surface area (Å²) in [6.45, 7) is 26.1. The zero-order chi connectivity index (χ0) is 17.7. The van der Waals surface area contributed by atoms with E-state index >= 15 is 0 Å². The van der Waals surface area contributed by atoms with E-state index in [-0.39, 0.29) is 22.3 Å². The van der Waals surface area contributed by atoms with Gasteiger partial charge in [-0.1, -0.05) is 97.5 Å². The zero-order valence-corrected chi connectivity index (χ0v) is 21.4. The first-order chi connectivity index (χ1) is 8.83. The molecule has 0 saturated carbocycles. The van der Waals surface area contributed by atoms with E-state index in [1.54, 1.807) is 0 Å². The normalized spacial score (nSPS) is 13.4. The molecule has 0 amide bonds. The second-order valence-corrected chi connectivity index (χ2v) is 23.9. The van der Waals surface area contributed by atoms with Gasteiger partial charge in [0.05, 0.1) is 0 Å². The van der Waals surface area contributed by atoms with E-state index in [2.05, 4.69) is 91.8 Å². The molecule has 0 N–H and O–H groups in total. The Kier molecular flexibility index (Phi) is 12.8. The maximum absolute atomic E-state index is 4.88. The minimum absolute atomic E-state index is 0. The third-order valence-corrected chi connectivity index (χ3v) is 8.65. The molecular formula is C15H41CoN3Si3. The number of hydrogen-bond donors (Lipinski definition) is 0.